The number of nitriles is 1. The molecule has 0 unspecified atom stereocenters. The molecule has 2 rings (SSSR count). The second kappa shape index (κ2) is 3.80. The number of hydrogen-bond donors (Lipinski definition) is 1. The molecule has 0 amide bonds. The summed E-state index contributed by atoms with van der Waals surface area (Å²) >= 11 is 0. The van der Waals surface area contributed by atoms with E-state index in [1.165, 1.54) is 10.9 Å². The number of nitrogens with zero attached hydrogens (tertiary/aromatic N) is 3. The third-order valence-electron chi connectivity index (χ3n) is 2.03. The van der Waals surface area contributed by atoms with E-state index in [4.69, 9.17) is 5.26 Å². The van der Waals surface area contributed by atoms with Crippen LogP contribution < -0.4 is 5.69 Å². The van der Waals surface area contributed by atoms with Gasteiger partial charge in [0.25, 0.3) is 0 Å². The molecule has 0 spiro atoms. The molecule has 0 saturated heterocycles. The standard InChI is InChI=1S/C10H8N4O/c11-5-8-2-1-3-9(4-8)6-14-7-12-13-10(14)15/h1-4,7H,6H2,(H,13,15). The molecule has 1 N–H and O–H groups in total. The Hall–Kier alpha value is -2.35. The van der Waals surface area contributed by atoms with Crippen molar-refractivity contribution in [2.24, 2.45) is 0 Å². The van der Waals surface area contributed by atoms with E-state index in [0.717, 1.165) is 5.56 Å². The lowest BCUT2D eigenvalue weighted by Crippen LogP contribution is -2.16. The summed E-state index contributed by atoms with van der Waals surface area (Å²) in [5.74, 6) is 0. The Bertz CT molecular complexity index is 561. The van der Waals surface area contributed by atoms with Gasteiger partial charge < -0.3 is 0 Å². The zero-order valence-electron chi connectivity index (χ0n) is 7.84. The van der Waals surface area contributed by atoms with Gasteiger partial charge in [0.1, 0.15) is 6.33 Å². The zero-order valence-corrected chi connectivity index (χ0v) is 7.84. The number of hydrogen-bond acceptors (Lipinski definition) is 3. The maximum absolute atomic E-state index is 11.2. The minimum Gasteiger partial charge on any atom is -0.277 e. The Morgan fingerprint density at radius 1 is 1.53 bits per heavy atom. The maximum Gasteiger partial charge on any atom is 0.343 e. The van der Waals surface area contributed by atoms with Crippen molar-refractivity contribution in [1.29, 1.82) is 5.26 Å². The first-order chi connectivity index (χ1) is 7.29. The number of rotatable bonds is 2. The van der Waals surface area contributed by atoms with Crippen LogP contribution in [0.2, 0.25) is 0 Å². The van der Waals surface area contributed by atoms with Gasteiger partial charge in [0.2, 0.25) is 0 Å². The topological polar surface area (TPSA) is 74.5 Å². The fraction of sp³-hybridized carbons (Fsp3) is 0.100. The van der Waals surface area contributed by atoms with E-state index >= 15 is 0 Å². The SMILES string of the molecule is N#Cc1cccc(Cn2cn[nH]c2=O)c1. The Balaban J connectivity index is 2.29. The lowest BCUT2D eigenvalue weighted by molar-refractivity contribution is 0.761. The Labute approximate surface area is 85.6 Å². The van der Waals surface area contributed by atoms with Crippen molar-refractivity contribution < 1.29 is 0 Å². The molecule has 0 radical (unpaired) electrons. The highest BCUT2D eigenvalue weighted by atomic mass is 16.1. The van der Waals surface area contributed by atoms with Crippen LogP contribution >= 0.6 is 0 Å². The minimum atomic E-state index is -0.252. The fourth-order valence-electron chi connectivity index (χ4n) is 1.32. The summed E-state index contributed by atoms with van der Waals surface area (Å²) in [6.45, 7) is 0.421. The van der Waals surface area contributed by atoms with E-state index in [0.29, 0.717) is 12.1 Å². The van der Waals surface area contributed by atoms with Gasteiger partial charge in [0.05, 0.1) is 18.2 Å². The Kier molecular flexibility index (Phi) is 2.33. The number of aromatic nitrogens is 3. The molecule has 0 atom stereocenters. The first-order valence-corrected chi connectivity index (χ1v) is 4.38. The molecule has 0 aliphatic heterocycles. The molecule has 1 aromatic heterocycles. The summed E-state index contributed by atoms with van der Waals surface area (Å²) in [5, 5.41) is 14.6. The Morgan fingerprint density at radius 2 is 2.40 bits per heavy atom. The Morgan fingerprint density at radius 3 is 3.07 bits per heavy atom. The van der Waals surface area contributed by atoms with Crippen molar-refractivity contribution >= 4 is 0 Å². The van der Waals surface area contributed by atoms with Crippen molar-refractivity contribution in [3.63, 3.8) is 0 Å². The van der Waals surface area contributed by atoms with Gasteiger partial charge in [0.15, 0.2) is 0 Å². The molecule has 15 heavy (non-hydrogen) atoms. The quantitative estimate of drug-likeness (QED) is 0.766. The molecule has 0 bridgehead atoms. The van der Waals surface area contributed by atoms with Crippen LogP contribution in [0.3, 0.4) is 0 Å². The smallest absolute Gasteiger partial charge is 0.277 e. The van der Waals surface area contributed by atoms with Gasteiger partial charge in [-0.3, -0.25) is 4.57 Å². The molecule has 2 aromatic rings. The highest BCUT2D eigenvalue weighted by Crippen LogP contribution is 2.04. The van der Waals surface area contributed by atoms with E-state index in [2.05, 4.69) is 16.3 Å². The molecule has 1 aromatic carbocycles. The van der Waals surface area contributed by atoms with Gasteiger partial charge in [-0.25, -0.2) is 9.89 Å². The highest BCUT2D eigenvalue weighted by molar-refractivity contribution is 5.32. The molecule has 74 valence electrons. The normalized spacial score (nSPS) is 9.80. The molecule has 0 aliphatic rings. The van der Waals surface area contributed by atoms with E-state index in [1.807, 2.05) is 6.07 Å². The second-order valence-electron chi connectivity index (χ2n) is 3.10. The van der Waals surface area contributed by atoms with E-state index in [9.17, 15) is 4.79 Å². The summed E-state index contributed by atoms with van der Waals surface area (Å²) in [6, 6.07) is 9.18. The van der Waals surface area contributed by atoms with Gasteiger partial charge in [-0.1, -0.05) is 12.1 Å². The molecule has 0 saturated carbocycles. The van der Waals surface area contributed by atoms with Gasteiger partial charge in [-0.2, -0.15) is 10.4 Å². The number of aromatic amines is 1. The van der Waals surface area contributed by atoms with Gasteiger partial charge >= 0.3 is 5.69 Å². The average Bonchev–Trinajstić information content (AvgIpc) is 2.65. The van der Waals surface area contributed by atoms with Crippen LogP contribution in [0.4, 0.5) is 0 Å². The number of nitrogens with one attached hydrogen (secondary N) is 1. The summed E-state index contributed by atoms with van der Waals surface area (Å²) in [7, 11) is 0. The van der Waals surface area contributed by atoms with Crippen molar-refractivity contribution in [3.8, 4) is 6.07 Å². The van der Waals surface area contributed by atoms with Crippen molar-refractivity contribution in [1.82, 2.24) is 14.8 Å². The van der Waals surface area contributed by atoms with Crippen LogP contribution in [0, 0.1) is 11.3 Å². The summed E-state index contributed by atoms with van der Waals surface area (Å²) in [5.41, 5.74) is 1.24. The van der Waals surface area contributed by atoms with Crippen molar-refractivity contribution in [2.75, 3.05) is 0 Å². The largest absolute Gasteiger partial charge is 0.343 e. The first kappa shape index (κ1) is 9.21. The molecule has 1 heterocycles. The van der Waals surface area contributed by atoms with Gasteiger partial charge in [-0.15, -0.1) is 0 Å². The van der Waals surface area contributed by atoms with Crippen LogP contribution in [0.1, 0.15) is 11.1 Å². The summed E-state index contributed by atoms with van der Waals surface area (Å²) in [4.78, 5) is 11.2. The van der Waals surface area contributed by atoms with E-state index in [-0.39, 0.29) is 5.69 Å². The monoisotopic (exact) mass is 200 g/mol. The first-order valence-electron chi connectivity index (χ1n) is 4.38. The maximum atomic E-state index is 11.2. The highest BCUT2D eigenvalue weighted by Gasteiger charge is 1.99. The lowest BCUT2D eigenvalue weighted by atomic mass is 10.1. The predicted octanol–water partition coefficient (Wildman–Crippen LogP) is 0.491. The molecule has 0 fully saturated rings. The number of H-pyrrole nitrogens is 1. The lowest BCUT2D eigenvalue weighted by Gasteiger charge is -2.00. The number of benzene rings is 1. The van der Waals surface area contributed by atoms with Gasteiger partial charge in [-0.05, 0) is 17.7 Å². The minimum absolute atomic E-state index is 0.252. The van der Waals surface area contributed by atoms with Crippen LogP contribution in [0.5, 0.6) is 0 Å². The fourth-order valence-corrected chi connectivity index (χ4v) is 1.32. The average molecular weight is 200 g/mol. The molecule has 0 aliphatic carbocycles. The summed E-state index contributed by atoms with van der Waals surface area (Å²) < 4.78 is 1.44. The molecule has 5 nitrogen and oxygen atoms in total. The van der Waals surface area contributed by atoms with Crippen LogP contribution in [-0.2, 0) is 6.54 Å². The zero-order chi connectivity index (χ0) is 10.7. The molecular weight excluding hydrogens is 192 g/mol. The third-order valence-corrected chi connectivity index (χ3v) is 2.03. The summed E-state index contributed by atoms with van der Waals surface area (Å²) in [6.07, 6.45) is 1.43. The third kappa shape index (κ3) is 1.94. The van der Waals surface area contributed by atoms with Crippen LogP contribution in [-0.4, -0.2) is 14.8 Å². The van der Waals surface area contributed by atoms with E-state index in [1.54, 1.807) is 18.2 Å². The van der Waals surface area contributed by atoms with Crippen LogP contribution in [0.15, 0.2) is 35.4 Å². The predicted molar refractivity (Wildman–Crippen MR) is 53.1 cm³/mol. The molecule has 5 heteroatoms. The van der Waals surface area contributed by atoms with Crippen LogP contribution in [0.25, 0.3) is 0 Å². The molecular formula is C10H8N4O. The van der Waals surface area contributed by atoms with Gasteiger partial charge in [0, 0.05) is 0 Å². The van der Waals surface area contributed by atoms with Crippen molar-refractivity contribution in [3.05, 3.63) is 52.2 Å². The van der Waals surface area contributed by atoms with E-state index < -0.39 is 0 Å². The second-order valence-corrected chi connectivity index (χ2v) is 3.10. The van der Waals surface area contributed by atoms with Crippen molar-refractivity contribution in [2.45, 2.75) is 6.54 Å².